The summed E-state index contributed by atoms with van der Waals surface area (Å²) in [7, 11) is 0. The number of aromatic nitrogens is 6. The second kappa shape index (κ2) is 7.16. The van der Waals surface area contributed by atoms with Gasteiger partial charge in [-0.1, -0.05) is 13.0 Å². The van der Waals surface area contributed by atoms with Gasteiger partial charge in [-0.3, -0.25) is 4.98 Å². The highest BCUT2D eigenvalue weighted by Crippen LogP contribution is 2.17. The van der Waals surface area contributed by atoms with Gasteiger partial charge in [-0.05, 0) is 32.4 Å². The van der Waals surface area contributed by atoms with Gasteiger partial charge in [0.2, 0.25) is 0 Å². The van der Waals surface area contributed by atoms with Crippen molar-refractivity contribution in [3.05, 3.63) is 48.3 Å². The highest BCUT2D eigenvalue weighted by atomic mass is 15.3. The van der Waals surface area contributed by atoms with Crippen LogP contribution < -0.4 is 5.32 Å². The predicted molar refractivity (Wildman–Crippen MR) is 92.4 cm³/mol. The third-order valence-electron chi connectivity index (χ3n) is 3.67. The summed E-state index contributed by atoms with van der Waals surface area (Å²) in [6.45, 7) is 6.83. The molecule has 0 radical (unpaired) electrons. The van der Waals surface area contributed by atoms with Gasteiger partial charge in [-0.15, -0.1) is 10.2 Å². The van der Waals surface area contributed by atoms with Crippen LogP contribution in [0.3, 0.4) is 0 Å². The van der Waals surface area contributed by atoms with Gasteiger partial charge < -0.3 is 9.88 Å². The van der Waals surface area contributed by atoms with Crippen molar-refractivity contribution in [1.29, 1.82) is 0 Å². The van der Waals surface area contributed by atoms with Crippen LogP contribution in [0.15, 0.2) is 36.8 Å². The van der Waals surface area contributed by atoms with Gasteiger partial charge >= 0.3 is 0 Å². The molecule has 3 aromatic heterocycles. The molecule has 0 bridgehead atoms. The van der Waals surface area contributed by atoms with Crippen LogP contribution >= 0.6 is 0 Å². The Labute approximate surface area is 141 Å². The van der Waals surface area contributed by atoms with E-state index >= 15 is 0 Å². The smallest absolute Gasteiger partial charge is 0.180 e. The molecule has 24 heavy (non-hydrogen) atoms. The van der Waals surface area contributed by atoms with Crippen molar-refractivity contribution in [2.75, 3.05) is 5.32 Å². The van der Waals surface area contributed by atoms with Crippen LogP contribution in [-0.2, 0) is 13.0 Å². The van der Waals surface area contributed by atoms with Crippen LogP contribution in [0.5, 0.6) is 0 Å². The second-order valence-electron chi connectivity index (χ2n) is 5.74. The summed E-state index contributed by atoms with van der Waals surface area (Å²) in [5, 5.41) is 11.5. The molecule has 7 heteroatoms. The molecular formula is C17H21N7. The maximum Gasteiger partial charge on any atom is 0.180 e. The second-order valence-corrected chi connectivity index (χ2v) is 5.74. The number of nitrogens with zero attached hydrogens (tertiary/aromatic N) is 6. The number of anilines is 1. The van der Waals surface area contributed by atoms with Crippen LogP contribution in [0, 0.1) is 0 Å². The number of nitrogens with one attached hydrogen (secondary N) is 1. The van der Waals surface area contributed by atoms with Crippen LogP contribution in [0.1, 0.15) is 38.3 Å². The Morgan fingerprint density at radius 2 is 2.08 bits per heavy atom. The highest BCUT2D eigenvalue weighted by Gasteiger charge is 2.10. The molecule has 0 aliphatic heterocycles. The standard InChI is InChI=1S/C17H21N7/c1-4-13-9-15(19-10-16-23-20-11-24(16)12(2)3)22-17(21-13)14-7-5-6-8-18-14/h5-9,11-12H,4,10H2,1-3H3,(H,19,21,22). The first-order valence-corrected chi connectivity index (χ1v) is 8.09. The minimum atomic E-state index is 0.317. The maximum absolute atomic E-state index is 4.58. The first-order valence-electron chi connectivity index (χ1n) is 8.09. The Balaban J connectivity index is 1.84. The lowest BCUT2D eigenvalue weighted by atomic mass is 10.3. The molecule has 1 N–H and O–H groups in total. The molecule has 0 saturated carbocycles. The Bertz CT molecular complexity index is 796. The van der Waals surface area contributed by atoms with Crippen molar-refractivity contribution in [2.45, 2.75) is 39.8 Å². The largest absolute Gasteiger partial charge is 0.363 e. The van der Waals surface area contributed by atoms with E-state index in [1.54, 1.807) is 12.5 Å². The van der Waals surface area contributed by atoms with Crippen molar-refractivity contribution in [3.8, 4) is 11.5 Å². The third kappa shape index (κ3) is 3.56. The maximum atomic E-state index is 4.58. The molecule has 7 nitrogen and oxygen atoms in total. The van der Waals surface area contributed by atoms with E-state index in [1.165, 1.54) is 0 Å². The van der Waals surface area contributed by atoms with E-state index in [0.717, 1.165) is 29.5 Å². The summed E-state index contributed by atoms with van der Waals surface area (Å²) in [4.78, 5) is 13.5. The van der Waals surface area contributed by atoms with Gasteiger partial charge in [-0.2, -0.15) is 0 Å². The molecule has 0 fully saturated rings. The summed E-state index contributed by atoms with van der Waals surface area (Å²) in [6.07, 6.45) is 4.33. The minimum absolute atomic E-state index is 0.317. The number of hydrogen-bond donors (Lipinski definition) is 1. The number of aryl methyl sites for hydroxylation is 1. The molecule has 3 aromatic rings. The summed E-state index contributed by atoms with van der Waals surface area (Å²) in [5.74, 6) is 2.27. The third-order valence-corrected chi connectivity index (χ3v) is 3.67. The fourth-order valence-corrected chi connectivity index (χ4v) is 2.37. The molecule has 0 spiro atoms. The van der Waals surface area contributed by atoms with Crippen molar-refractivity contribution >= 4 is 5.82 Å². The van der Waals surface area contributed by atoms with Crippen molar-refractivity contribution in [1.82, 2.24) is 29.7 Å². The van der Waals surface area contributed by atoms with E-state index in [0.29, 0.717) is 18.4 Å². The van der Waals surface area contributed by atoms with Gasteiger partial charge in [0.25, 0.3) is 0 Å². The lowest BCUT2D eigenvalue weighted by Gasteiger charge is -2.12. The lowest BCUT2D eigenvalue weighted by Crippen LogP contribution is -2.11. The van der Waals surface area contributed by atoms with Crippen LogP contribution in [0.4, 0.5) is 5.82 Å². The molecule has 0 saturated heterocycles. The molecule has 124 valence electrons. The van der Waals surface area contributed by atoms with E-state index in [-0.39, 0.29) is 0 Å². The van der Waals surface area contributed by atoms with Gasteiger partial charge in [0.05, 0.1) is 6.54 Å². The molecule has 0 atom stereocenters. The predicted octanol–water partition coefficient (Wildman–Crippen LogP) is 2.89. The fraction of sp³-hybridized carbons (Fsp3) is 0.353. The zero-order chi connectivity index (χ0) is 16.9. The molecule has 0 unspecified atom stereocenters. The fourth-order valence-electron chi connectivity index (χ4n) is 2.37. The molecule has 3 heterocycles. The van der Waals surface area contributed by atoms with Crippen molar-refractivity contribution < 1.29 is 0 Å². The van der Waals surface area contributed by atoms with Gasteiger partial charge in [-0.25, -0.2) is 9.97 Å². The first-order chi connectivity index (χ1) is 11.7. The van der Waals surface area contributed by atoms with Crippen molar-refractivity contribution in [2.24, 2.45) is 0 Å². The molecule has 3 rings (SSSR count). The van der Waals surface area contributed by atoms with Crippen LogP contribution in [-0.4, -0.2) is 29.7 Å². The topological polar surface area (TPSA) is 81.4 Å². The lowest BCUT2D eigenvalue weighted by molar-refractivity contribution is 0.572. The van der Waals surface area contributed by atoms with E-state index in [9.17, 15) is 0 Å². The molecule has 0 aliphatic rings. The molecule has 0 amide bonds. The van der Waals surface area contributed by atoms with Gasteiger partial charge in [0.1, 0.15) is 17.8 Å². The van der Waals surface area contributed by atoms with Gasteiger partial charge in [0.15, 0.2) is 11.6 Å². The summed E-state index contributed by atoms with van der Waals surface area (Å²) in [6, 6.07) is 8.00. The quantitative estimate of drug-likeness (QED) is 0.751. The zero-order valence-corrected chi connectivity index (χ0v) is 14.1. The van der Waals surface area contributed by atoms with Crippen LogP contribution in [0.2, 0.25) is 0 Å². The highest BCUT2D eigenvalue weighted by molar-refractivity contribution is 5.52. The Morgan fingerprint density at radius 3 is 2.79 bits per heavy atom. The van der Waals surface area contributed by atoms with E-state index < -0.39 is 0 Å². The zero-order valence-electron chi connectivity index (χ0n) is 14.1. The number of rotatable bonds is 6. The summed E-state index contributed by atoms with van der Waals surface area (Å²) >= 11 is 0. The molecule has 0 aromatic carbocycles. The van der Waals surface area contributed by atoms with E-state index in [1.807, 2.05) is 28.8 Å². The average molecular weight is 323 g/mol. The minimum Gasteiger partial charge on any atom is -0.363 e. The Morgan fingerprint density at radius 1 is 1.21 bits per heavy atom. The number of hydrogen-bond acceptors (Lipinski definition) is 6. The summed E-state index contributed by atoms with van der Waals surface area (Å²) < 4.78 is 2.04. The molecule has 0 aliphatic carbocycles. The Kier molecular flexibility index (Phi) is 4.79. The average Bonchev–Trinajstić information content (AvgIpc) is 3.09. The Hall–Kier alpha value is -2.83. The first kappa shape index (κ1) is 16.0. The SMILES string of the molecule is CCc1cc(NCc2nncn2C(C)C)nc(-c2ccccn2)n1. The summed E-state index contributed by atoms with van der Waals surface area (Å²) in [5.41, 5.74) is 1.74. The van der Waals surface area contributed by atoms with Gasteiger partial charge in [0, 0.05) is 24.0 Å². The number of pyridine rings is 1. The van der Waals surface area contributed by atoms with E-state index in [2.05, 4.69) is 51.2 Å². The van der Waals surface area contributed by atoms with E-state index in [4.69, 9.17) is 0 Å². The monoisotopic (exact) mass is 323 g/mol. The van der Waals surface area contributed by atoms with Crippen molar-refractivity contribution in [3.63, 3.8) is 0 Å². The normalized spacial score (nSPS) is 11.0. The molecular weight excluding hydrogens is 302 g/mol. The van der Waals surface area contributed by atoms with Crippen LogP contribution in [0.25, 0.3) is 11.5 Å².